The van der Waals surface area contributed by atoms with Gasteiger partial charge in [-0.15, -0.1) is 0 Å². The molecule has 1 aromatic rings. The minimum absolute atomic E-state index is 0.0987. The van der Waals surface area contributed by atoms with Crippen LogP contribution in [0, 0.1) is 5.92 Å². The monoisotopic (exact) mass is 280 g/mol. The van der Waals surface area contributed by atoms with Gasteiger partial charge in [-0.2, -0.15) is 4.98 Å². The van der Waals surface area contributed by atoms with Crippen LogP contribution in [0.1, 0.15) is 63.1 Å². The van der Waals surface area contributed by atoms with Crippen molar-refractivity contribution in [3.63, 3.8) is 0 Å². The lowest BCUT2D eigenvalue weighted by Gasteiger charge is -2.27. The molecule has 0 aliphatic carbocycles. The Labute approximate surface area is 119 Å². The van der Waals surface area contributed by atoms with Gasteiger partial charge in [0.05, 0.1) is 6.04 Å². The molecule has 0 radical (unpaired) electrons. The van der Waals surface area contributed by atoms with Gasteiger partial charge in [-0.3, -0.25) is 4.79 Å². The third-order valence-electron chi connectivity index (χ3n) is 3.44. The van der Waals surface area contributed by atoms with E-state index in [-0.39, 0.29) is 23.8 Å². The van der Waals surface area contributed by atoms with Gasteiger partial charge < -0.3 is 14.7 Å². The Bertz CT molecular complexity index is 450. The highest BCUT2D eigenvalue weighted by Gasteiger charge is 2.27. The number of hydrogen-bond donors (Lipinski definition) is 1. The summed E-state index contributed by atoms with van der Waals surface area (Å²) in [7, 11) is 0. The number of carbonyl (C=O) groups is 1. The number of nitrogens with zero attached hydrogens (tertiary/aromatic N) is 3. The van der Waals surface area contributed by atoms with Gasteiger partial charge in [0.1, 0.15) is 0 Å². The van der Waals surface area contributed by atoms with Crippen LogP contribution >= 0.6 is 0 Å². The van der Waals surface area contributed by atoms with E-state index in [9.17, 15) is 4.79 Å². The molecule has 1 atom stereocenters. The molecule has 1 aromatic heterocycles. The Morgan fingerprint density at radius 1 is 1.45 bits per heavy atom. The highest BCUT2D eigenvalue weighted by Crippen LogP contribution is 2.21. The van der Waals surface area contributed by atoms with Gasteiger partial charge >= 0.3 is 0 Å². The topological polar surface area (TPSA) is 71.3 Å². The molecular formula is C14H24N4O2. The molecule has 6 heteroatoms. The second-order valence-corrected chi connectivity index (χ2v) is 6.05. The molecule has 1 amide bonds. The van der Waals surface area contributed by atoms with Crippen molar-refractivity contribution >= 4 is 5.91 Å². The van der Waals surface area contributed by atoms with Crippen LogP contribution in [0.25, 0.3) is 0 Å². The zero-order valence-corrected chi connectivity index (χ0v) is 12.7. The summed E-state index contributed by atoms with van der Waals surface area (Å²) >= 11 is 0. The molecule has 1 unspecified atom stereocenters. The van der Waals surface area contributed by atoms with E-state index in [1.54, 1.807) is 4.90 Å². The first-order valence-corrected chi connectivity index (χ1v) is 7.37. The van der Waals surface area contributed by atoms with Crippen molar-refractivity contribution in [3.05, 3.63) is 11.7 Å². The van der Waals surface area contributed by atoms with Crippen molar-refractivity contribution < 1.29 is 9.32 Å². The number of nitrogens with one attached hydrogen (secondary N) is 1. The first kappa shape index (κ1) is 15.0. The van der Waals surface area contributed by atoms with Gasteiger partial charge in [-0.1, -0.05) is 19.0 Å². The van der Waals surface area contributed by atoms with Gasteiger partial charge in [-0.05, 0) is 39.2 Å². The van der Waals surface area contributed by atoms with E-state index in [4.69, 9.17) is 4.52 Å². The number of aromatic nitrogens is 2. The summed E-state index contributed by atoms with van der Waals surface area (Å²) in [4.78, 5) is 18.5. The molecule has 1 aliphatic rings. The molecule has 0 saturated carbocycles. The number of carbonyl (C=O) groups excluding carboxylic acids is 1. The van der Waals surface area contributed by atoms with Gasteiger partial charge in [0.25, 0.3) is 11.7 Å². The maximum absolute atomic E-state index is 12.5. The molecule has 0 aromatic carbocycles. The third-order valence-corrected chi connectivity index (χ3v) is 3.44. The number of rotatable bonds is 5. The lowest BCUT2D eigenvalue weighted by Crippen LogP contribution is -2.40. The molecule has 0 bridgehead atoms. The Balaban J connectivity index is 2.10. The summed E-state index contributed by atoms with van der Waals surface area (Å²) in [6, 6.07) is 0.220. The average Bonchev–Trinajstić information content (AvgIpc) is 3.04. The molecule has 6 nitrogen and oxygen atoms in total. The summed E-state index contributed by atoms with van der Waals surface area (Å²) in [6.45, 7) is 9.84. The van der Waals surface area contributed by atoms with Crippen molar-refractivity contribution in [2.24, 2.45) is 5.92 Å². The molecule has 20 heavy (non-hydrogen) atoms. The van der Waals surface area contributed by atoms with Crippen molar-refractivity contribution in [2.75, 3.05) is 13.1 Å². The molecule has 112 valence electrons. The highest BCUT2D eigenvalue weighted by molar-refractivity contribution is 5.90. The lowest BCUT2D eigenvalue weighted by molar-refractivity contribution is 0.0666. The minimum atomic E-state index is -0.151. The van der Waals surface area contributed by atoms with Crippen LogP contribution < -0.4 is 5.32 Å². The highest BCUT2D eigenvalue weighted by atomic mass is 16.5. The van der Waals surface area contributed by atoms with Gasteiger partial charge in [0.15, 0.2) is 0 Å². The standard InChI is InChI=1S/C14H24N4O2/c1-9(2)8-18(10(3)4)14(19)12-16-13(20-17-12)11-6-5-7-15-11/h9-11,15H,5-8H2,1-4H3. The van der Waals surface area contributed by atoms with E-state index >= 15 is 0 Å². The van der Waals surface area contributed by atoms with Crippen molar-refractivity contribution in [2.45, 2.75) is 52.6 Å². The van der Waals surface area contributed by atoms with E-state index in [0.717, 1.165) is 19.4 Å². The van der Waals surface area contributed by atoms with Gasteiger partial charge in [0.2, 0.25) is 5.89 Å². The maximum Gasteiger partial charge on any atom is 0.295 e. The Kier molecular flexibility index (Phi) is 4.75. The third kappa shape index (κ3) is 3.36. The number of hydrogen-bond acceptors (Lipinski definition) is 5. The summed E-state index contributed by atoms with van der Waals surface area (Å²) < 4.78 is 5.23. The fourth-order valence-corrected chi connectivity index (χ4v) is 2.41. The van der Waals surface area contributed by atoms with Crippen molar-refractivity contribution in [3.8, 4) is 0 Å². The van der Waals surface area contributed by atoms with E-state index in [1.165, 1.54) is 0 Å². The molecule has 1 aliphatic heterocycles. The Morgan fingerprint density at radius 2 is 2.20 bits per heavy atom. The fourth-order valence-electron chi connectivity index (χ4n) is 2.41. The summed E-state index contributed by atoms with van der Waals surface area (Å²) in [6.07, 6.45) is 2.08. The van der Waals surface area contributed by atoms with Gasteiger partial charge in [-0.25, -0.2) is 0 Å². The normalized spacial score (nSPS) is 19.0. The first-order valence-electron chi connectivity index (χ1n) is 7.37. The van der Waals surface area contributed by atoms with E-state index in [2.05, 4.69) is 29.3 Å². The molecule has 1 fully saturated rings. The van der Waals surface area contributed by atoms with Crippen LogP contribution in [0.15, 0.2) is 4.52 Å². The van der Waals surface area contributed by atoms with E-state index in [0.29, 0.717) is 18.4 Å². The quantitative estimate of drug-likeness (QED) is 0.893. The Hall–Kier alpha value is -1.43. The van der Waals surface area contributed by atoms with Crippen LogP contribution in [-0.2, 0) is 0 Å². The van der Waals surface area contributed by atoms with Crippen LogP contribution in [0.5, 0.6) is 0 Å². The summed E-state index contributed by atoms with van der Waals surface area (Å²) in [5.41, 5.74) is 0. The lowest BCUT2D eigenvalue weighted by atomic mass is 10.1. The van der Waals surface area contributed by atoms with Crippen LogP contribution in [0.2, 0.25) is 0 Å². The van der Waals surface area contributed by atoms with Crippen molar-refractivity contribution in [1.29, 1.82) is 0 Å². The van der Waals surface area contributed by atoms with E-state index < -0.39 is 0 Å². The first-order chi connectivity index (χ1) is 9.49. The smallest absolute Gasteiger partial charge is 0.295 e. The molecule has 1 saturated heterocycles. The predicted molar refractivity (Wildman–Crippen MR) is 75.3 cm³/mol. The second kappa shape index (κ2) is 6.35. The largest absolute Gasteiger partial charge is 0.337 e. The van der Waals surface area contributed by atoms with Crippen LogP contribution in [-0.4, -0.2) is 40.1 Å². The second-order valence-electron chi connectivity index (χ2n) is 6.05. The van der Waals surface area contributed by atoms with Crippen LogP contribution in [0.4, 0.5) is 0 Å². The van der Waals surface area contributed by atoms with Gasteiger partial charge in [0, 0.05) is 12.6 Å². The summed E-state index contributed by atoms with van der Waals surface area (Å²) in [5.74, 6) is 0.952. The molecule has 2 heterocycles. The van der Waals surface area contributed by atoms with Crippen molar-refractivity contribution in [1.82, 2.24) is 20.4 Å². The van der Waals surface area contributed by atoms with Crippen LogP contribution in [0.3, 0.4) is 0 Å². The maximum atomic E-state index is 12.5. The molecule has 0 spiro atoms. The minimum Gasteiger partial charge on any atom is -0.337 e. The summed E-state index contributed by atoms with van der Waals surface area (Å²) in [5, 5.41) is 7.14. The molecule has 2 rings (SSSR count). The molecular weight excluding hydrogens is 256 g/mol. The Morgan fingerprint density at radius 3 is 2.75 bits per heavy atom. The van der Waals surface area contributed by atoms with E-state index in [1.807, 2.05) is 13.8 Å². The zero-order valence-electron chi connectivity index (χ0n) is 12.7. The SMILES string of the molecule is CC(C)CN(C(=O)c1noc(C2CCCN2)n1)C(C)C. The average molecular weight is 280 g/mol. The zero-order chi connectivity index (χ0) is 14.7. The molecule has 1 N–H and O–H groups in total. The fraction of sp³-hybridized carbons (Fsp3) is 0.786. The predicted octanol–water partition coefficient (Wildman–Crippen LogP) is 2.00. The number of amides is 1.